The molecule has 0 radical (unpaired) electrons. The summed E-state index contributed by atoms with van der Waals surface area (Å²) in [6.45, 7) is 2.28. The lowest BCUT2D eigenvalue weighted by Gasteiger charge is -2.41. The van der Waals surface area contributed by atoms with E-state index in [0.29, 0.717) is 5.92 Å². The van der Waals surface area contributed by atoms with Gasteiger partial charge in [-0.15, -0.1) is 0 Å². The van der Waals surface area contributed by atoms with Crippen molar-refractivity contribution >= 4 is 0 Å². The van der Waals surface area contributed by atoms with E-state index in [1.165, 1.54) is 19.3 Å². The number of hydrogen-bond donors (Lipinski definition) is 1. The zero-order valence-electron chi connectivity index (χ0n) is 11.0. The van der Waals surface area contributed by atoms with Crippen molar-refractivity contribution in [3.8, 4) is 6.07 Å². The Bertz CT molecular complexity index is 288. The quantitative estimate of drug-likeness (QED) is 0.794. The number of hydrogen-bond acceptors (Lipinski definition) is 2. The third-order valence-electron chi connectivity index (χ3n) is 4.96. The van der Waals surface area contributed by atoms with E-state index in [2.05, 4.69) is 13.0 Å². The van der Waals surface area contributed by atoms with Crippen molar-refractivity contribution in [1.29, 1.82) is 5.26 Å². The second-order valence-corrected chi connectivity index (χ2v) is 6.31. The Balaban J connectivity index is 2.06. The van der Waals surface area contributed by atoms with Crippen LogP contribution in [0.15, 0.2) is 0 Å². The molecule has 0 heterocycles. The van der Waals surface area contributed by atoms with Gasteiger partial charge in [-0.3, -0.25) is 0 Å². The molecule has 17 heavy (non-hydrogen) atoms. The molecule has 0 aromatic heterocycles. The fourth-order valence-corrected chi connectivity index (χ4v) is 3.88. The second-order valence-electron chi connectivity index (χ2n) is 6.31. The highest BCUT2D eigenvalue weighted by molar-refractivity contribution is 5.07. The van der Waals surface area contributed by atoms with Crippen molar-refractivity contribution in [3.63, 3.8) is 0 Å². The first-order valence-electron chi connectivity index (χ1n) is 7.27. The molecule has 2 rings (SSSR count). The van der Waals surface area contributed by atoms with E-state index in [9.17, 15) is 10.4 Å². The van der Waals surface area contributed by atoms with Gasteiger partial charge in [0.05, 0.1) is 17.6 Å². The number of aliphatic hydroxyl groups is 1. The SMILES string of the molecule is CC1CCCC(C(O)C2(C#N)CCCCC2)C1. The average Bonchev–Trinajstić information content (AvgIpc) is 2.38. The lowest BCUT2D eigenvalue weighted by atomic mass is 9.64. The minimum atomic E-state index is -0.417. The normalized spacial score (nSPS) is 34.9. The first kappa shape index (κ1) is 12.9. The van der Waals surface area contributed by atoms with Crippen molar-refractivity contribution in [3.05, 3.63) is 0 Å². The van der Waals surface area contributed by atoms with Gasteiger partial charge in [0.2, 0.25) is 0 Å². The van der Waals surface area contributed by atoms with Crippen LogP contribution in [0.1, 0.15) is 64.7 Å². The molecule has 2 nitrogen and oxygen atoms in total. The van der Waals surface area contributed by atoms with Gasteiger partial charge in [-0.25, -0.2) is 0 Å². The Morgan fingerprint density at radius 3 is 2.47 bits per heavy atom. The zero-order valence-corrected chi connectivity index (χ0v) is 11.0. The summed E-state index contributed by atoms with van der Waals surface area (Å²) in [5.74, 6) is 1.10. The van der Waals surface area contributed by atoms with E-state index in [4.69, 9.17) is 0 Å². The molecule has 0 aliphatic heterocycles. The minimum Gasteiger partial charge on any atom is -0.391 e. The Hall–Kier alpha value is -0.550. The van der Waals surface area contributed by atoms with Crippen LogP contribution in [0, 0.1) is 28.6 Å². The summed E-state index contributed by atoms with van der Waals surface area (Å²) >= 11 is 0. The van der Waals surface area contributed by atoms with Gasteiger partial charge in [-0.1, -0.05) is 39.0 Å². The summed E-state index contributed by atoms with van der Waals surface area (Å²) in [6.07, 6.45) is 9.67. The average molecular weight is 235 g/mol. The predicted molar refractivity (Wildman–Crippen MR) is 68.3 cm³/mol. The molecule has 0 aromatic carbocycles. The summed E-state index contributed by atoms with van der Waals surface area (Å²) in [4.78, 5) is 0. The number of aliphatic hydroxyl groups excluding tert-OH is 1. The van der Waals surface area contributed by atoms with Crippen LogP contribution in [-0.4, -0.2) is 11.2 Å². The molecule has 2 aliphatic rings. The van der Waals surface area contributed by atoms with Gasteiger partial charge in [-0.05, 0) is 37.5 Å². The molecule has 2 aliphatic carbocycles. The van der Waals surface area contributed by atoms with Crippen molar-refractivity contribution in [2.24, 2.45) is 17.3 Å². The largest absolute Gasteiger partial charge is 0.391 e. The smallest absolute Gasteiger partial charge is 0.0835 e. The molecule has 1 N–H and O–H groups in total. The van der Waals surface area contributed by atoms with Crippen LogP contribution >= 0.6 is 0 Å². The third kappa shape index (κ3) is 2.65. The summed E-state index contributed by atoms with van der Waals surface area (Å²) in [5.41, 5.74) is -0.417. The van der Waals surface area contributed by atoms with Gasteiger partial charge in [0, 0.05) is 0 Å². The van der Waals surface area contributed by atoms with Crippen LogP contribution in [0.25, 0.3) is 0 Å². The van der Waals surface area contributed by atoms with Gasteiger partial charge >= 0.3 is 0 Å². The van der Waals surface area contributed by atoms with Gasteiger partial charge in [0.1, 0.15) is 0 Å². The Morgan fingerprint density at radius 2 is 1.88 bits per heavy atom. The molecule has 0 saturated heterocycles. The first-order valence-corrected chi connectivity index (χ1v) is 7.27. The lowest BCUT2D eigenvalue weighted by molar-refractivity contribution is -0.0253. The first-order chi connectivity index (χ1) is 8.18. The van der Waals surface area contributed by atoms with Crippen molar-refractivity contribution in [2.75, 3.05) is 0 Å². The van der Waals surface area contributed by atoms with E-state index in [0.717, 1.165) is 44.4 Å². The fraction of sp³-hybridized carbons (Fsp3) is 0.933. The van der Waals surface area contributed by atoms with Crippen molar-refractivity contribution in [1.82, 2.24) is 0 Å². The summed E-state index contributed by atoms with van der Waals surface area (Å²) in [6, 6.07) is 2.48. The number of rotatable bonds is 2. The van der Waals surface area contributed by atoms with E-state index >= 15 is 0 Å². The van der Waals surface area contributed by atoms with Crippen LogP contribution in [0.4, 0.5) is 0 Å². The molecule has 3 atom stereocenters. The van der Waals surface area contributed by atoms with E-state index in [1.807, 2.05) is 0 Å². The Morgan fingerprint density at radius 1 is 1.18 bits per heavy atom. The van der Waals surface area contributed by atoms with Crippen molar-refractivity contribution < 1.29 is 5.11 Å². The Labute approximate surface area is 105 Å². The highest BCUT2D eigenvalue weighted by Gasteiger charge is 2.43. The molecule has 96 valence electrons. The molecule has 0 amide bonds. The molecule has 2 fully saturated rings. The maximum Gasteiger partial charge on any atom is 0.0835 e. The summed E-state index contributed by atoms with van der Waals surface area (Å²) < 4.78 is 0. The van der Waals surface area contributed by atoms with Crippen LogP contribution in [0.5, 0.6) is 0 Å². The second kappa shape index (κ2) is 5.40. The molecule has 0 aromatic rings. The standard InChI is InChI=1S/C15H25NO/c1-12-6-5-7-13(10-12)14(17)15(11-16)8-3-2-4-9-15/h12-14,17H,2-10H2,1H3. The zero-order chi connectivity index (χ0) is 12.3. The van der Waals surface area contributed by atoms with Crippen LogP contribution in [0.2, 0.25) is 0 Å². The van der Waals surface area contributed by atoms with Crippen LogP contribution in [-0.2, 0) is 0 Å². The van der Waals surface area contributed by atoms with Crippen molar-refractivity contribution in [2.45, 2.75) is 70.8 Å². The molecule has 2 heteroatoms. The number of nitriles is 1. The fourth-order valence-electron chi connectivity index (χ4n) is 3.88. The van der Waals surface area contributed by atoms with Gasteiger partial charge < -0.3 is 5.11 Å². The van der Waals surface area contributed by atoms with E-state index < -0.39 is 5.41 Å². The summed E-state index contributed by atoms with van der Waals surface area (Å²) in [5, 5.41) is 20.1. The maximum absolute atomic E-state index is 10.6. The van der Waals surface area contributed by atoms with Gasteiger partial charge in [-0.2, -0.15) is 5.26 Å². The molecular formula is C15H25NO. The molecule has 3 unspecified atom stereocenters. The lowest BCUT2D eigenvalue weighted by Crippen LogP contribution is -2.42. The van der Waals surface area contributed by atoms with Crippen LogP contribution in [0.3, 0.4) is 0 Å². The maximum atomic E-state index is 10.6. The van der Waals surface area contributed by atoms with Gasteiger partial charge in [0.15, 0.2) is 0 Å². The van der Waals surface area contributed by atoms with Crippen LogP contribution < -0.4 is 0 Å². The molecule has 0 spiro atoms. The highest BCUT2D eigenvalue weighted by Crippen LogP contribution is 2.44. The third-order valence-corrected chi connectivity index (χ3v) is 4.96. The molecule has 0 bridgehead atoms. The molecular weight excluding hydrogens is 210 g/mol. The monoisotopic (exact) mass is 235 g/mol. The topological polar surface area (TPSA) is 44.0 Å². The summed E-state index contributed by atoms with van der Waals surface area (Å²) in [7, 11) is 0. The van der Waals surface area contributed by atoms with E-state index in [1.54, 1.807) is 0 Å². The number of nitrogens with zero attached hydrogens (tertiary/aromatic N) is 1. The molecule has 2 saturated carbocycles. The highest BCUT2D eigenvalue weighted by atomic mass is 16.3. The predicted octanol–water partition coefficient (Wildman–Crippen LogP) is 3.65. The Kier molecular flexibility index (Phi) is 4.09. The van der Waals surface area contributed by atoms with Gasteiger partial charge in [0.25, 0.3) is 0 Å². The van der Waals surface area contributed by atoms with E-state index in [-0.39, 0.29) is 6.10 Å². The minimum absolute atomic E-state index is 0.372.